The second-order valence-electron chi connectivity index (χ2n) is 3.86. The van der Waals surface area contributed by atoms with Crippen LogP contribution in [0.4, 0.5) is 15.9 Å². The lowest BCUT2D eigenvalue weighted by Crippen LogP contribution is -2.13. The van der Waals surface area contributed by atoms with Gasteiger partial charge in [-0.05, 0) is 30.3 Å². The van der Waals surface area contributed by atoms with E-state index in [9.17, 15) is 12.8 Å². The fourth-order valence-corrected chi connectivity index (χ4v) is 2.64. The Balaban J connectivity index is 2.27. The summed E-state index contributed by atoms with van der Waals surface area (Å²) in [6, 6.07) is 6.51. The van der Waals surface area contributed by atoms with Crippen molar-refractivity contribution in [3.63, 3.8) is 0 Å². The third-order valence-corrected chi connectivity index (χ3v) is 4.13. The summed E-state index contributed by atoms with van der Waals surface area (Å²) < 4.78 is 39.5. The molecule has 0 saturated carbocycles. The predicted octanol–water partition coefficient (Wildman–Crippen LogP) is 2.72. The second kappa shape index (κ2) is 5.64. The number of nitrogens with zero attached hydrogens (tertiary/aromatic N) is 1. The minimum absolute atomic E-state index is 0.00283. The predicted molar refractivity (Wildman–Crippen MR) is 76.0 cm³/mol. The van der Waals surface area contributed by atoms with Gasteiger partial charge in [-0.2, -0.15) is 0 Å². The van der Waals surface area contributed by atoms with E-state index in [1.165, 1.54) is 30.5 Å². The maximum absolute atomic E-state index is 13.0. The first-order valence-corrected chi connectivity index (χ1v) is 7.40. The molecule has 0 spiro atoms. The number of halogens is 2. The zero-order chi connectivity index (χ0) is 14.8. The van der Waals surface area contributed by atoms with Crippen LogP contribution in [0.3, 0.4) is 0 Å². The van der Waals surface area contributed by atoms with Crippen LogP contribution in [-0.2, 0) is 10.0 Å². The number of nitrogens with one attached hydrogen (secondary N) is 2. The largest absolute Gasteiger partial charge is 0.373 e. The maximum Gasteiger partial charge on any atom is 0.263 e. The first kappa shape index (κ1) is 14.5. The van der Waals surface area contributed by atoms with E-state index < -0.39 is 15.8 Å². The minimum Gasteiger partial charge on any atom is -0.373 e. The van der Waals surface area contributed by atoms with Crippen LogP contribution in [-0.4, -0.2) is 20.4 Å². The molecule has 5 nitrogen and oxygen atoms in total. The molecule has 0 aliphatic rings. The maximum atomic E-state index is 13.0. The van der Waals surface area contributed by atoms with Gasteiger partial charge in [-0.25, -0.2) is 17.8 Å². The van der Waals surface area contributed by atoms with Crippen molar-refractivity contribution in [3.8, 4) is 0 Å². The Labute approximate surface area is 120 Å². The molecule has 1 heterocycles. The van der Waals surface area contributed by atoms with E-state index in [0.717, 1.165) is 6.07 Å². The van der Waals surface area contributed by atoms with Crippen LogP contribution in [0, 0.1) is 5.82 Å². The normalized spacial score (nSPS) is 11.2. The number of hydrogen-bond acceptors (Lipinski definition) is 4. The number of hydrogen-bond donors (Lipinski definition) is 2. The van der Waals surface area contributed by atoms with Crippen LogP contribution in [0.2, 0.25) is 5.02 Å². The van der Waals surface area contributed by atoms with Crippen LogP contribution < -0.4 is 10.0 Å². The Bertz CT molecular complexity index is 720. The number of benzene rings is 1. The van der Waals surface area contributed by atoms with Gasteiger partial charge in [0.05, 0.1) is 10.7 Å². The molecule has 0 saturated heterocycles. The highest BCUT2D eigenvalue weighted by molar-refractivity contribution is 7.92. The average Bonchev–Trinajstić information content (AvgIpc) is 2.43. The number of sulfonamides is 1. The van der Waals surface area contributed by atoms with E-state index in [0.29, 0.717) is 5.82 Å². The summed E-state index contributed by atoms with van der Waals surface area (Å²) in [6.45, 7) is 0. The van der Waals surface area contributed by atoms with Gasteiger partial charge in [-0.3, -0.25) is 4.72 Å². The van der Waals surface area contributed by atoms with E-state index in [1.807, 2.05) is 0 Å². The van der Waals surface area contributed by atoms with E-state index in [-0.39, 0.29) is 15.6 Å². The molecular weight excluding hydrogens is 305 g/mol. The van der Waals surface area contributed by atoms with Gasteiger partial charge in [0.2, 0.25) is 0 Å². The topological polar surface area (TPSA) is 71.1 Å². The number of rotatable bonds is 4. The van der Waals surface area contributed by atoms with Gasteiger partial charge in [0.1, 0.15) is 16.5 Å². The lowest BCUT2D eigenvalue weighted by molar-refractivity contribution is 0.600. The molecule has 0 aliphatic heterocycles. The van der Waals surface area contributed by atoms with Crippen molar-refractivity contribution in [1.29, 1.82) is 0 Å². The third kappa shape index (κ3) is 3.17. The second-order valence-corrected chi connectivity index (χ2v) is 5.95. The van der Waals surface area contributed by atoms with Crippen LogP contribution in [0.15, 0.2) is 41.4 Å². The molecule has 1 aromatic carbocycles. The number of anilines is 2. The van der Waals surface area contributed by atoms with Gasteiger partial charge in [-0.15, -0.1) is 0 Å². The molecule has 2 N–H and O–H groups in total. The summed E-state index contributed by atoms with van der Waals surface area (Å²) in [6.07, 6.45) is 1.22. The third-order valence-electron chi connectivity index (χ3n) is 2.47. The average molecular weight is 316 g/mol. The SMILES string of the molecule is CNc1ccc(S(=O)(=O)Nc2ccc(F)c(Cl)c2)cn1. The van der Waals surface area contributed by atoms with E-state index in [4.69, 9.17) is 11.6 Å². The number of pyridine rings is 1. The van der Waals surface area contributed by atoms with Gasteiger partial charge >= 0.3 is 0 Å². The number of aromatic nitrogens is 1. The zero-order valence-electron chi connectivity index (χ0n) is 10.4. The van der Waals surface area contributed by atoms with Crippen molar-refractivity contribution < 1.29 is 12.8 Å². The molecule has 20 heavy (non-hydrogen) atoms. The summed E-state index contributed by atoms with van der Waals surface area (Å²) >= 11 is 5.60. The molecular formula is C12H11ClFN3O2S. The summed E-state index contributed by atoms with van der Waals surface area (Å²) in [4.78, 5) is 3.92. The summed E-state index contributed by atoms with van der Waals surface area (Å²) in [5, 5.41) is 2.63. The van der Waals surface area contributed by atoms with Crippen LogP contribution in [0.25, 0.3) is 0 Å². The van der Waals surface area contributed by atoms with Crippen molar-refractivity contribution in [3.05, 3.63) is 47.4 Å². The molecule has 0 radical (unpaired) electrons. The van der Waals surface area contributed by atoms with Crippen LogP contribution in [0.5, 0.6) is 0 Å². The monoisotopic (exact) mass is 315 g/mol. The standard InChI is InChI=1S/C12H11ClFN3O2S/c1-15-12-5-3-9(7-16-12)20(18,19)17-8-2-4-11(14)10(13)6-8/h2-7,17H,1H3,(H,15,16). The minimum atomic E-state index is -3.79. The fourth-order valence-electron chi connectivity index (χ4n) is 1.46. The van der Waals surface area contributed by atoms with Crippen molar-refractivity contribution in [2.24, 2.45) is 0 Å². The van der Waals surface area contributed by atoms with Crippen LogP contribution in [0.1, 0.15) is 0 Å². The molecule has 8 heteroatoms. The molecule has 0 atom stereocenters. The van der Waals surface area contributed by atoms with Gasteiger partial charge < -0.3 is 5.32 Å². The molecule has 106 valence electrons. The fraction of sp³-hybridized carbons (Fsp3) is 0.0833. The van der Waals surface area contributed by atoms with E-state index in [1.54, 1.807) is 7.05 Å². The summed E-state index contributed by atoms with van der Waals surface area (Å²) in [5.74, 6) is -0.0663. The Morgan fingerprint density at radius 3 is 2.55 bits per heavy atom. The highest BCUT2D eigenvalue weighted by atomic mass is 35.5. The highest BCUT2D eigenvalue weighted by Gasteiger charge is 2.15. The first-order valence-electron chi connectivity index (χ1n) is 5.54. The quantitative estimate of drug-likeness (QED) is 0.910. The van der Waals surface area contributed by atoms with Gasteiger partial charge in [-0.1, -0.05) is 11.6 Å². The Morgan fingerprint density at radius 2 is 2.00 bits per heavy atom. The molecule has 0 unspecified atom stereocenters. The lowest BCUT2D eigenvalue weighted by Gasteiger charge is -2.09. The van der Waals surface area contributed by atoms with Crippen molar-refractivity contribution >= 4 is 33.1 Å². The molecule has 0 amide bonds. The van der Waals surface area contributed by atoms with Crippen molar-refractivity contribution in [2.75, 3.05) is 17.1 Å². The molecule has 2 rings (SSSR count). The Hall–Kier alpha value is -1.86. The molecule has 2 aromatic rings. The Kier molecular flexibility index (Phi) is 4.10. The smallest absolute Gasteiger partial charge is 0.263 e. The summed E-state index contributed by atoms with van der Waals surface area (Å²) in [7, 11) is -2.11. The van der Waals surface area contributed by atoms with Gasteiger partial charge in [0.25, 0.3) is 10.0 Å². The first-order chi connectivity index (χ1) is 9.42. The van der Waals surface area contributed by atoms with Crippen LogP contribution >= 0.6 is 11.6 Å². The molecule has 0 bridgehead atoms. The Morgan fingerprint density at radius 1 is 1.25 bits per heavy atom. The van der Waals surface area contributed by atoms with Crippen molar-refractivity contribution in [1.82, 2.24) is 4.98 Å². The molecule has 1 aromatic heterocycles. The summed E-state index contributed by atoms with van der Waals surface area (Å²) in [5.41, 5.74) is 0.175. The van der Waals surface area contributed by atoms with Gasteiger partial charge in [0.15, 0.2) is 0 Å². The highest BCUT2D eigenvalue weighted by Crippen LogP contribution is 2.22. The lowest BCUT2D eigenvalue weighted by atomic mass is 10.3. The molecule has 0 fully saturated rings. The zero-order valence-corrected chi connectivity index (χ0v) is 12.0. The van der Waals surface area contributed by atoms with E-state index >= 15 is 0 Å². The van der Waals surface area contributed by atoms with E-state index in [2.05, 4.69) is 15.0 Å². The van der Waals surface area contributed by atoms with Gasteiger partial charge in [0, 0.05) is 13.2 Å². The molecule has 0 aliphatic carbocycles. The van der Waals surface area contributed by atoms with Crippen molar-refractivity contribution in [2.45, 2.75) is 4.90 Å².